The highest BCUT2D eigenvalue weighted by molar-refractivity contribution is 5.81. The Bertz CT molecular complexity index is 1210. The lowest BCUT2D eigenvalue weighted by Gasteiger charge is -2.07. The standard InChI is InChI=1S/C26H26N2O5/c1-2-24(29)32-15-8-6-4-3-5-7-14-31-23-13-12-21-17-22(26(30)33-25(21)28-23)20-11-9-10-19(16-20)18-27/h2,9-13,16-17H,1,3-8,14-15H2. The van der Waals surface area contributed by atoms with E-state index in [1.54, 1.807) is 42.5 Å². The number of aromatic nitrogens is 1. The maximum Gasteiger partial charge on any atom is 0.345 e. The Morgan fingerprint density at radius 2 is 1.82 bits per heavy atom. The van der Waals surface area contributed by atoms with Gasteiger partial charge in [0.2, 0.25) is 11.6 Å². The molecule has 3 rings (SSSR count). The van der Waals surface area contributed by atoms with E-state index in [-0.39, 0.29) is 11.7 Å². The second-order valence-electron chi connectivity index (χ2n) is 7.53. The van der Waals surface area contributed by atoms with Crippen molar-refractivity contribution >= 4 is 17.1 Å². The first-order chi connectivity index (χ1) is 16.1. The Labute approximate surface area is 192 Å². The highest BCUT2D eigenvalue weighted by Gasteiger charge is 2.10. The third kappa shape index (κ3) is 7.04. The van der Waals surface area contributed by atoms with Gasteiger partial charge >= 0.3 is 11.6 Å². The summed E-state index contributed by atoms with van der Waals surface area (Å²) < 4.78 is 16.1. The molecule has 0 amide bonds. The third-order valence-corrected chi connectivity index (χ3v) is 5.08. The fraction of sp³-hybridized carbons (Fsp3) is 0.308. The van der Waals surface area contributed by atoms with Crippen molar-refractivity contribution in [3.8, 4) is 23.1 Å². The lowest BCUT2D eigenvalue weighted by Crippen LogP contribution is -2.04. The second-order valence-corrected chi connectivity index (χ2v) is 7.53. The van der Waals surface area contributed by atoms with Gasteiger partial charge in [0.25, 0.3) is 0 Å². The van der Waals surface area contributed by atoms with Crippen LogP contribution in [0.15, 0.2) is 64.3 Å². The zero-order chi connectivity index (χ0) is 23.5. The molecule has 0 atom stereocenters. The summed E-state index contributed by atoms with van der Waals surface area (Å²) in [7, 11) is 0. The van der Waals surface area contributed by atoms with Crippen LogP contribution in [0.4, 0.5) is 0 Å². The van der Waals surface area contributed by atoms with Crippen molar-refractivity contribution in [2.24, 2.45) is 0 Å². The molecular formula is C26H26N2O5. The van der Waals surface area contributed by atoms with Crippen LogP contribution in [0.3, 0.4) is 0 Å². The Balaban J connectivity index is 1.46. The summed E-state index contributed by atoms with van der Waals surface area (Å²) in [5.74, 6) is 0.0356. The van der Waals surface area contributed by atoms with Crippen molar-refractivity contribution in [2.45, 2.75) is 38.5 Å². The lowest BCUT2D eigenvalue weighted by atomic mass is 10.0. The van der Waals surface area contributed by atoms with E-state index in [1.807, 2.05) is 0 Å². The smallest absolute Gasteiger partial charge is 0.345 e. The molecule has 0 radical (unpaired) electrons. The summed E-state index contributed by atoms with van der Waals surface area (Å²) in [5, 5.41) is 9.75. The number of nitriles is 1. The lowest BCUT2D eigenvalue weighted by molar-refractivity contribution is -0.137. The topological polar surface area (TPSA) is 102 Å². The monoisotopic (exact) mass is 446 g/mol. The quantitative estimate of drug-likeness (QED) is 0.215. The van der Waals surface area contributed by atoms with Crippen LogP contribution in [0.2, 0.25) is 0 Å². The highest BCUT2D eigenvalue weighted by Crippen LogP contribution is 2.23. The Morgan fingerprint density at radius 3 is 2.58 bits per heavy atom. The number of hydrogen-bond acceptors (Lipinski definition) is 7. The molecule has 7 heteroatoms. The fourth-order valence-corrected chi connectivity index (χ4v) is 3.34. The van der Waals surface area contributed by atoms with Gasteiger partial charge in [-0.05, 0) is 42.7 Å². The number of carbonyl (C=O) groups excluding carboxylic acids is 1. The largest absolute Gasteiger partial charge is 0.478 e. The molecule has 0 N–H and O–H groups in total. The number of benzene rings is 1. The third-order valence-electron chi connectivity index (χ3n) is 5.08. The first-order valence-electron chi connectivity index (χ1n) is 11.0. The van der Waals surface area contributed by atoms with E-state index in [2.05, 4.69) is 17.6 Å². The van der Waals surface area contributed by atoms with Crippen LogP contribution in [0.25, 0.3) is 22.2 Å². The van der Waals surface area contributed by atoms with Gasteiger partial charge in [0.05, 0.1) is 30.4 Å². The molecule has 0 bridgehead atoms. The van der Waals surface area contributed by atoms with Crippen molar-refractivity contribution in [1.82, 2.24) is 4.98 Å². The van der Waals surface area contributed by atoms with Crippen LogP contribution >= 0.6 is 0 Å². The second kappa shape index (κ2) is 12.2. The van der Waals surface area contributed by atoms with Gasteiger partial charge in [0, 0.05) is 17.5 Å². The van der Waals surface area contributed by atoms with Crippen LogP contribution in [-0.4, -0.2) is 24.2 Å². The molecule has 0 unspecified atom stereocenters. The van der Waals surface area contributed by atoms with E-state index < -0.39 is 5.63 Å². The van der Waals surface area contributed by atoms with E-state index in [1.165, 1.54) is 6.08 Å². The molecule has 0 spiro atoms. The molecule has 0 fully saturated rings. The molecule has 3 aromatic rings. The molecule has 2 aromatic heterocycles. The maximum atomic E-state index is 12.5. The van der Waals surface area contributed by atoms with Gasteiger partial charge in [-0.1, -0.05) is 44.4 Å². The number of fused-ring (bicyclic) bond motifs is 1. The summed E-state index contributed by atoms with van der Waals surface area (Å²) in [6.07, 6.45) is 7.11. The van der Waals surface area contributed by atoms with Crippen molar-refractivity contribution in [3.63, 3.8) is 0 Å². The first kappa shape index (κ1) is 23.7. The number of ether oxygens (including phenoxy) is 2. The van der Waals surface area contributed by atoms with Crippen LogP contribution in [0.5, 0.6) is 5.88 Å². The minimum absolute atomic E-state index is 0.217. The molecule has 7 nitrogen and oxygen atoms in total. The molecule has 1 aromatic carbocycles. The van der Waals surface area contributed by atoms with Crippen LogP contribution in [0, 0.1) is 11.3 Å². The number of carbonyl (C=O) groups is 1. The number of nitrogens with zero attached hydrogens (tertiary/aromatic N) is 2. The molecule has 170 valence electrons. The Kier molecular flexibility index (Phi) is 8.78. The van der Waals surface area contributed by atoms with Crippen molar-refractivity contribution < 1.29 is 18.7 Å². The van der Waals surface area contributed by atoms with E-state index in [0.29, 0.717) is 41.2 Å². The molecule has 0 saturated heterocycles. The van der Waals surface area contributed by atoms with E-state index in [9.17, 15) is 9.59 Å². The molecule has 33 heavy (non-hydrogen) atoms. The van der Waals surface area contributed by atoms with E-state index >= 15 is 0 Å². The number of esters is 1. The minimum atomic E-state index is -0.513. The summed E-state index contributed by atoms with van der Waals surface area (Å²) in [4.78, 5) is 27.7. The van der Waals surface area contributed by atoms with Gasteiger partial charge < -0.3 is 13.9 Å². The Hall–Kier alpha value is -3.92. The van der Waals surface area contributed by atoms with Crippen LogP contribution in [-0.2, 0) is 9.53 Å². The summed E-state index contributed by atoms with van der Waals surface area (Å²) in [6, 6.07) is 14.2. The number of pyridine rings is 1. The first-order valence-corrected chi connectivity index (χ1v) is 11.0. The van der Waals surface area contributed by atoms with Gasteiger partial charge in [0.15, 0.2) is 0 Å². The van der Waals surface area contributed by atoms with Gasteiger partial charge in [-0.15, -0.1) is 0 Å². The summed E-state index contributed by atoms with van der Waals surface area (Å²) >= 11 is 0. The number of rotatable bonds is 12. The van der Waals surface area contributed by atoms with Gasteiger partial charge in [-0.25, -0.2) is 9.59 Å². The van der Waals surface area contributed by atoms with Crippen molar-refractivity contribution in [1.29, 1.82) is 5.26 Å². The zero-order valence-corrected chi connectivity index (χ0v) is 18.4. The van der Waals surface area contributed by atoms with Gasteiger partial charge in [-0.3, -0.25) is 0 Å². The molecule has 0 aliphatic carbocycles. The SMILES string of the molecule is C=CC(=O)OCCCCCCCCOc1ccc2cc(-c3cccc(C#N)c3)c(=O)oc2n1. The zero-order valence-electron chi connectivity index (χ0n) is 18.4. The molecule has 2 heterocycles. The molecule has 0 aliphatic heterocycles. The normalized spacial score (nSPS) is 10.5. The number of unbranched alkanes of at least 4 members (excludes halogenated alkanes) is 5. The van der Waals surface area contributed by atoms with Crippen LogP contribution in [0.1, 0.15) is 44.1 Å². The summed E-state index contributed by atoms with van der Waals surface area (Å²) in [5.41, 5.74) is 1.19. The predicted molar refractivity (Wildman–Crippen MR) is 125 cm³/mol. The molecular weight excluding hydrogens is 420 g/mol. The van der Waals surface area contributed by atoms with E-state index in [4.69, 9.17) is 19.2 Å². The van der Waals surface area contributed by atoms with Crippen molar-refractivity contribution in [3.05, 3.63) is 71.1 Å². The average Bonchev–Trinajstić information content (AvgIpc) is 2.84. The average molecular weight is 447 g/mol. The summed E-state index contributed by atoms with van der Waals surface area (Å²) in [6.45, 7) is 4.32. The fourth-order valence-electron chi connectivity index (χ4n) is 3.34. The maximum absolute atomic E-state index is 12.5. The van der Waals surface area contributed by atoms with Crippen LogP contribution < -0.4 is 10.4 Å². The highest BCUT2D eigenvalue weighted by atomic mass is 16.5. The Morgan fingerprint density at radius 1 is 1.06 bits per heavy atom. The van der Waals surface area contributed by atoms with Gasteiger partial charge in [-0.2, -0.15) is 10.2 Å². The predicted octanol–water partition coefficient (Wildman–Crippen LogP) is 5.18. The van der Waals surface area contributed by atoms with Gasteiger partial charge in [0.1, 0.15) is 0 Å². The van der Waals surface area contributed by atoms with Crippen molar-refractivity contribution in [2.75, 3.05) is 13.2 Å². The minimum Gasteiger partial charge on any atom is -0.478 e. The van der Waals surface area contributed by atoms with E-state index in [0.717, 1.165) is 38.5 Å². The number of hydrogen-bond donors (Lipinski definition) is 0. The molecule has 0 aliphatic rings. The molecule has 0 saturated carbocycles.